The van der Waals surface area contributed by atoms with Crippen molar-refractivity contribution in [3.8, 4) is 5.75 Å². The van der Waals surface area contributed by atoms with Crippen LogP contribution in [0.25, 0.3) is 0 Å². The Labute approximate surface area is 212 Å². The van der Waals surface area contributed by atoms with E-state index in [0.717, 1.165) is 4.90 Å². The highest BCUT2D eigenvalue weighted by atomic mass is 16.5. The number of fused-ring (bicyclic) bond motifs is 1. The summed E-state index contributed by atoms with van der Waals surface area (Å²) in [5.41, 5.74) is 1.63. The SMILES string of the molecule is [2H]c1c([2H])c([2H])c(C(C(N)=O)(c2c([2H])c([2H])c([2H])c([2H])c2[2H])[C@@H]2CCN(C([2H])([2H])C([2H])([2H])c3ccc4c(c3)C([2H])([2H])CO4)C2)c([2H])c1[2H]. The van der Waals surface area contributed by atoms with Gasteiger partial charge in [0, 0.05) is 27.6 Å². The molecule has 2 N–H and O–H groups in total. The second-order valence-electron chi connectivity index (χ2n) is 7.52. The van der Waals surface area contributed by atoms with Crippen LogP contribution in [-0.4, -0.2) is 37.0 Å². The van der Waals surface area contributed by atoms with Crippen LogP contribution < -0.4 is 10.5 Å². The zero-order chi connectivity index (χ0) is 36.0. The molecular formula is C28H30N2O2. The molecule has 0 unspecified atom stereocenters. The minimum atomic E-state index is -2.90. The fourth-order valence-electron chi connectivity index (χ4n) is 4.30. The number of primary amides is 1. The lowest BCUT2D eigenvalue weighted by molar-refractivity contribution is -0.123. The number of carbonyl (C=O) groups excluding carboxylic acids is 1. The summed E-state index contributed by atoms with van der Waals surface area (Å²) in [6.07, 6.45) is -5.04. The van der Waals surface area contributed by atoms with E-state index < -0.39 is 115 Å². The van der Waals surface area contributed by atoms with Crippen LogP contribution >= 0.6 is 0 Å². The van der Waals surface area contributed by atoms with Crippen molar-refractivity contribution in [1.29, 1.82) is 0 Å². The molecule has 3 aromatic rings. The lowest BCUT2D eigenvalue weighted by Gasteiger charge is -2.37. The lowest BCUT2D eigenvalue weighted by atomic mass is 9.64. The lowest BCUT2D eigenvalue weighted by Crippen LogP contribution is -2.49. The number of ether oxygens (including phenoxy) is 1. The van der Waals surface area contributed by atoms with Gasteiger partial charge in [-0.15, -0.1) is 0 Å². The summed E-state index contributed by atoms with van der Waals surface area (Å²) in [4.78, 5) is 14.9. The molecule has 0 saturated carbocycles. The Morgan fingerprint density at radius 3 is 2.50 bits per heavy atom. The van der Waals surface area contributed by atoms with Crippen molar-refractivity contribution >= 4 is 5.91 Å². The average Bonchev–Trinajstić information content (AvgIpc) is 3.65. The van der Waals surface area contributed by atoms with E-state index in [4.69, 9.17) is 32.4 Å². The quantitative estimate of drug-likeness (QED) is 0.603. The summed E-state index contributed by atoms with van der Waals surface area (Å²) in [5.74, 6) is -2.63. The van der Waals surface area contributed by atoms with Crippen molar-refractivity contribution in [2.24, 2.45) is 11.7 Å². The molecule has 0 spiro atoms. The summed E-state index contributed by atoms with van der Waals surface area (Å²) < 4.78 is 142. The van der Waals surface area contributed by atoms with Gasteiger partial charge in [0.1, 0.15) is 11.2 Å². The molecule has 1 atom stereocenters. The molecule has 0 bridgehead atoms. The topological polar surface area (TPSA) is 55.6 Å². The van der Waals surface area contributed by atoms with Gasteiger partial charge in [0.05, 0.1) is 20.3 Å². The largest absolute Gasteiger partial charge is 0.493 e. The number of amides is 1. The van der Waals surface area contributed by atoms with Crippen LogP contribution in [0, 0.1) is 5.92 Å². The number of likely N-dealkylation sites (tertiary alicyclic amines) is 1. The highest BCUT2D eigenvalue weighted by Gasteiger charge is 2.49. The second-order valence-corrected chi connectivity index (χ2v) is 7.52. The fourth-order valence-corrected chi connectivity index (χ4v) is 4.30. The maximum Gasteiger partial charge on any atom is 0.232 e. The Hall–Kier alpha value is -3.11. The molecule has 0 radical (unpaired) electrons. The van der Waals surface area contributed by atoms with Gasteiger partial charge in [-0.2, -0.15) is 0 Å². The average molecular weight is 443 g/mol. The maximum atomic E-state index is 13.9. The van der Waals surface area contributed by atoms with E-state index in [-0.39, 0.29) is 36.4 Å². The van der Waals surface area contributed by atoms with E-state index >= 15 is 0 Å². The van der Waals surface area contributed by atoms with Crippen LogP contribution in [0.5, 0.6) is 5.75 Å². The molecular weight excluding hydrogens is 396 g/mol. The van der Waals surface area contributed by atoms with Gasteiger partial charge in [0.25, 0.3) is 0 Å². The molecule has 32 heavy (non-hydrogen) atoms. The first kappa shape index (κ1) is 9.40. The van der Waals surface area contributed by atoms with Crippen molar-refractivity contribution in [1.82, 2.24) is 4.90 Å². The van der Waals surface area contributed by atoms with Gasteiger partial charge in [-0.1, -0.05) is 72.6 Å². The number of aryl methyl sites for hydroxylation is 1. The molecule has 0 aromatic heterocycles. The van der Waals surface area contributed by atoms with Crippen LogP contribution in [0.1, 0.15) is 50.6 Å². The predicted octanol–water partition coefficient (Wildman–Crippen LogP) is 3.96. The first-order chi connectivity index (χ1) is 22.1. The second kappa shape index (κ2) is 8.79. The van der Waals surface area contributed by atoms with Crippen molar-refractivity contribution in [3.05, 3.63) is 101 Å². The van der Waals surface area contributed by atoms with Gasteiger partial charge in [-0.05, 0) is 53.6 Å². The van der Waals surface area contributed by atoms with Gasteiger partial charge < -0.3 is 15.4 Å². The predicted molar refractivity (Wildman–Crippen MR) is 127 cm³/mol. The Balaban J connectivity index is 1.73. The minimum Gasteiger partial charge on any atom is -0.493 e. The van der Waals surface area contributed by atoms with Crippen molar-refractivity contribution in [2.45, 2.75) is 24.6 Å². The van der Waals surface area contributed by atoms with Crippen molar-refractivity contribution in [3.63, 3.8) is 0 Å². The van der Waals surface area contributed by atoms with Gasteiger partial charge in [0.15, 0.2) is 0 Å². The minimum absolute atomic E-state index is 0.0362. The summed E-state index contributed by atoms with van der Waals surface area (Å²) in [7, 11) is 0. The zero-order valence-electron chi connectivity index (χ0n) is 33.0. The van der Waals surface area contributed by atoms with E-state index in [2.05, 4.69) is 0 Å². The Morgan fingerprint density at radius 1 is 1.16 bits per heavy atom. The third-order valence-electron chi connectivity index (χ3n) is 5.81. The van der Waals surface area contributed by atoms with Gasteiger partial charge >= 0.3 is 0 Å². The zero-order valence-corrected chi connectivity index (χ0v) is 17.0. The standard InChI is InChI=1S/C28H30N2O2/c29-27(31)28(23-7-3-1-4-8-23,24-9-5-2-6-10-24)25-14-17-30(20-25)16-13-21-11-12-26-22(19-21)15-18-32-26/h1-12,19,25H,13-18,20H2,(H2,29,31)/t25-/m1/s1/i1D,2D,3D,4D,5D,6D,7D,8D,9D,10D,13D2,15D2,16D2. The molecule has 4 nitrogen and oxygen atoms in total. The fraction of sp³-hybridized carbons (Fsp3) is 0.321. The molecule has 5 rings (SSSR count). The summed E-state index contributed by atoms with van der Waals surface area (Å²) in [5, 5.41) is 0. The molecule has 2 aliphatic rings. The molecule has 2 heterocycles. The normalized spacial score (nSPS) is 27.9. The van der Waals surface area contributed by atoms with Crippen LogP contribution in [0.15, 0.2) is 78.6 Å². The molecule has 1 amide bonds. The first-order valence-corrected chi connectivity index (χ1v) is 10.0. The van der Waals surface area contributed by atoms with E-state index in [9.17, 15) is 4.79 Å². The molecule has 164 valence electrons. The highest BCUT2D eigenvalue weighted by molar-refractivity contribution is 5.91. The third-order valence-corrected chi connectivity index (χ3v) is 5.81. The molecule has 4 heteroatoms. The first-order valence-electron chi connectivity index (χ1n) is 18.0. The van der Waals surface area contributed by atoms with Crippen LogP contribution in [-0.2, 0) is 23.0 Å². The Morgan fingerprint density at radius 2 is 1.84 bits per heavy atom. The van der Waals surface area contributed by atoms with E-state index in [1.807, 2.05) is 0 Å². The molecule has 2 aliphatic heterocycles. The van der Waals surface area contributed by atoms with Crippen LogP contribution in [0.2, 0.25) is 0 Å². The molecule has 1 fully saturated rings. The van der Waals surface area contributed by atoms with Crippen molar-refractivity contribution in [2.75, 3.05) is 26.2 Å². The highest BCUT2D eigenvalue weighted by Crippen LogP contribution is 2.43. The van der Waals surface area contributed by atoms with E-state index in [1.54, 1.807) is 0 Å². The maximum absolute atomic E-state index is 13.9. The molecule has 1 saturated heterocycles. The number of nitrogens with two attached hydrogens (primary N) is 1. The van der Waals surface area contributed by atoms with Gasteiger partial charge in [-0.3, -0.25) is 4.79 Å². The van der Waals surface area contributed by atoms with E-state index in [1.165, 1.54) is 18.2 Å². The van der Waals surface area contributed by atoms with Crippen LogP contribution in [0.3, 0.4) is 0 Å². The number of hydrogen-bond acceptors (Lipinski definition) is 3. The number of benzene rings is 3. The Bertz CT molecular complexity index is 1740. The van der Waals surface area contributed by atoms with E-state index in [0.29, 0.717) is 0 Å². The number of nitrogens with zero attached hydrogens (tertiary/aromatic N) is 1. The van der Waals surface area contributed by atoms with Gasteiger partial charge in [-0.25, -0.2) is 0 Å². The number of hydrogen-bond donors (Lipinski definition) is 1. The number of rotatable bonds is 7. The monoisotopic (exact) mass is 442 g/mol. The van der Waals surface area contributed by atoms with Crippen molar-refractivity contribution < 1.29 is 31.5 Å². The third kappa shape index (κ3) is 3.69. The Kier molecular flexibility index (Phi) is 2.58. The van der Waals surface area contributed by atoms with Crippen LogP contribution in [0.4, 0.5) is 0 Å². The summed E-state index contributed by atoms with van der Waals surface area (Å²) >= 11 is 0. The number of carbonyl (C=O) groups is 1. The summed E-state index contributed by atoms with van der Waals surface area (Å²) in [6.45, 7) is -4.07. The van der Waals surface area contributed by atoms with Gasteiger partial charge in [0.2, 0.25) is 5.91 Å². The molecule has 3 aromatic carbocycles. The smallest absolute Gasteiger partial charge is 0.232 e. The summed E-state index contributed by atoms with van der Waals surface area (Å²) in [6, 6.07) is -5.07. The molecule has 0 aliphatic carbocycles.